The van der Waals surface area contributed by atoms with E-state index in [-0.39, 0.29) is 11.7 Å². The van der Waals surface area contributed by atoms with Crippen LogP contribution in [0.2, 0.25) is 0 Å². The number of fused-ring (bicyclic) bond motifs is 1. The molecule has 1 amide bonds. The zero-order chi connectivity index (χ0) is 18.7. The summed E-state index contributed by atoms with van der Waals surface area (Å²) in [6, 6.07) is 15.1. The molecule has 0 aromatic heterocycles. The first kappa shape index (κ1) is 18.9. The highest BCUT2D eigenvalue weighted by Crippen LogP contribution is 2.24. The van der Waals surface area contributed by atoms with Gasteiger partial charge in [-0.05, 0) is 29.3 Å². The number of hydrogen-bond acceptors (Lipinski definition) is 4. The van der Waals surface area contributed by atoms with Crippen LogP contribution in [0.5, 0.6) is 0 Å². The number of halogens is 1. The third-order valence-corrected chi connectivity index (χ3v) is 6.39. The van der Waals surface area contributed by atoms with E-state index < -0.39 is 15.6 Å². The second-order valence-corrected chi connectivity index (χ2v) is 9.51. The van der Waals surface area contributed by atoms with Gasteiger partial charge in [0, 0.05) is 36.8 Å². The predicted octanol–water partition coefficient (Wildman–Crippen LogP) is 2.84. The van der Waals surface area contributed by atoms with Crippen LogP contribution in [-0.4, -0.2) is 45.1 Å². The molecular formula is C19H21BrN2O3S. The Labute approximate surface area is 162 Å². The second kappa shape index (κ2) is 7.80. The van der Waals surface area contributed by atoms with Gasteiger partial charge in [-0.25, -0.2) is 8.42 Å². The van der Waals surface area contributed by atoms with Gasteiger partial charge in [-0.2, -0.15) is 0 Å². The Morgan fingerprint density at radius 3 is 2.65 bits per heavy atom. The molecule has 7 heteroatoms. The number of benzene rings is 2. The molecule has 0 unspecified atom stereocenters. The number of likely N-dealkylation sites (N-methyl/N-ethyl adjacent to an activating group) is 1. The van der Waals surface area contributed by atoms with Crippen molar-refractivity contribution in [1.29, 1.82) is 0 Å². The van der Waals surface area contributed by atoms with Crippen LogP contribution in [0.1, 0.15) is 11.1 Å². The molecule has 0 atom stereocenters. The van der Waals surface area contributed by atoms with E-state index in [1.54, 1.807) is 23.1 Å². The minimum absolute atomic E-state index is 0.136. The highest BCUT2D eigenvalue weighted by atomic mass is 79.9. The third kappa shape index (κ3) is 4.65. The third-order valence-electron chi connectivity index (χ3n) is 4.44. The highest BCUT2D eigenvalue weighted by molar-refractivity contribution is 9.10. The maximum absolute atomic E-state index is 12.7. The van der Waals surface area contributed by atoms with E-state index in [1.165, 1.54) is 0 Å². The first-order chi connectivity index (χ1) is 12.3. The molecule has 0 saturated carbocycles. The Hall–Kier alpha value is -1.86. The number of nitrogens with zero attached hydrogens (tertiary/aromatic N) is 2. The van der Waals surface area contributed by atoms with Gasteiger partial charge in [0.1, 0.15) is 5.75 Å². The molecule has 0 N–H and O–H groups in total. The number of rotatable bonds is 4. The topological polar surface area (TPSA) is 57.7 Å². The number of anilines is 1. The van der Waals surface area contributed by atoms with Crippen molar-refractivity contribution in [1.82, 2.24) is 4.90 Å². The normalized spacial score (nSPS) is 14.7. The maximum atomic E-state index is 12.7. The molecule has 0 bridgehead atoms. The summed E-state index contributed by atoms with van der Waals surface area (Å²) in [6.45, 7) is 1.62. The minimum Gasteiger partial charge on any atom is -0.373 e. The number of sulfone groups is 1. The van der Waals surface area contributed by atoms with Crippen molar-refractivity contribution in [3.05, 3.63) is 64.1 Å². The van der Waals surface area contributed by atoms with Crippen molar-refractivity contribution in [2.45, 2.75) is 12.3 Å². The molecule has 0 radical (unpaired) electrons. The van der Waals surface area contributed by atoms with Crippen molar-refractivity contribution in [2.24, 2.45) is 0 Å². The molecule has 26 heavy (non-hydrogen) atoms. The van der Waals surface area contributed by atoms with Crippen LogP contribution >= 0.6 is 15.9 Å². The molecule has 1 aliphatic rings. The lowest BCUT2D eigenvalue weighted by Gasteiger charge is -2.21. The van der Waals surface area contributed by atoms with Crippen LogP contribution in [0.25, 0.3) is 0 Å². The van der Waals surface area contributed by atoms with Gasteiger partial charge in [-0.1, -0.05) is 46.3 Å². The molecule has 5 nitrogen and oxygen atoms in total. The van der Waals surface area contributed by atoms with Gasteiger partial charge in [0.15, 0.2) is 9.84 Å². The molecule has 0 fully saturated rings. The Bertz CT molecular complexity index is 915. The van der Waals surface area contributed by atoms with Crippen molar-refractivity contribution in [3.63, 3.8) is 0 Å². The zero-order valence-corrected chi connectivity index (χ0v) is 17.0. The summed E-state index contributed by atoms with van der Waals surface area (Å²) in [5, 5.41) is 0. The van der Waals surface area contributed by atoms with E-state index in [0.717, 1.165) is 15.7 Å². The van der Waals surface area contributed by atoms with E-state index in [4.69, 9.17) is 0 Å². The average Bonchev–Trinajstić information content (AvgIpc) is 2.74. The van der Waals surface area contributed by atoms with E-state index in [1.807, 2.05) is 37.4 Å². The summed E-state index contributed by atoms with van der Waals surface area (Å²) < 4.78 is 25.8. The lowest BCUT2D eigenvalue weighted by atomic mass is 10.1. The standard InChI is InChI=1S/C19H21BrN2O3S/c1-21-9-10-22(12-16-6-2-3-8-18(16)21)19(23)14-26(24,25)13-15-5-4-7-17(20)11-15/h2-8,11H,9-10,12-14H2,1H3. The van der Waals surface area contributed by atoms with Crippen molar-refractivity contribution in [3.8, 4) is 0 Å². The van der Waals surface area contributed by atoms with Crippen LogP contribution in [0.4, 0.5) is 5.69 Å². The Balaban J connectivity index is 1.71. The fourth-order valence-electron chi connectivity index (χ4n) is 3.12. The van der Waals surface area contributed by atoms with Crippen LogP contribution in [0.3, 0.4) is 0 Å². The van der Waals surface area contributed by atoms with Crippen LogP contribution < -0.4 is 4.90 Å². The van der Waals surface area contributed by atoms with Crippen LogP contribution in [0, 0.1) is 0 Å². The maximum Gasteiger partial charge on any atom is 0.238 e. The first-order valence-corrected chi connectivity index (χ1v) is 11.0. The van der Waals surface area contributed by atoms with Gasteiger partial charge >= 0.3 is 0 Å². The zero-order valence-electron chi connectivity index (χ0n) is 14.6. The highest BCUT2D eigenvalue weighted by Gasteiger charge is 2.25. The number of amides is 1. The minimum atomic E-state index is -3.53. The van der Waals surface area contributed by atoms with Crippen molar-refractivity contribution < 1.29 is 13.2 Å². The summed E-state index contributed by atoms with van der Waals surface area (Å²) in [5.74, 6) is -0.946. The molecule has 0 aliphatic carbocycles. The Morgan fingerprint density at radius 2 is 1.88 bits per heavy atom. The van der Waals surface area contributed by atoms with E-state index in [0.29, 0.717) is 25.2 Å². The summed E-state index contributed by atoms with van der Waals surface area (Å²) in [7, 11) is -1.55. The average molecular weight is 437 g/mol. The van der Waals surface area contributed by atoms with E-state index in [9.17, 15) is 13.2 Å². The number of para-hydroxylation sites is 1. The largest absolute Gasteiger partial charge is 0.373 e. The first-order valence-electron chi connectivity index (χ1n) is 8.36. The van der Waals surface area contributed by atoms with Gasteiger partial charge < -0.3 is 9.80 Å². The fraction of sp³-hybridized carbons (Fsp3) is 0.316. The fourth-order valence-corrected chi connectivity index (χ4v) is 4.91. The predicted molar refractivity (Wildman–Crippen MR) is 107 cm³/mol. The molecule has 138 valence electrons. The molecule has 2 aromatic carbocycles. The molecule has 1 aliphatic heterocycles. The van der Waals surface area contributed by atoms with Gasteiger partial charge in [0.05, 0.1) is 5.75 Å². The van der Waals surface area contributed by atoms with Crippen molar-refractivity contribution >= 4 is 37.4 Å². The Kier molecular flexibility index (Phi) is 5.67. The lowest BCUT2D eigenvalue weighted by Crippen LogP contribution is -2.38. The summed E-state index contributed by atoms with van der Waals surface area (Å²) in [5.41, 5.74) is 2.79. The lowest BCUT2D eigenvalue weighted by molar-refractivity contribution is -0.128. The molecular weight excluding hydrogens is 416 g/mol. The monoisotopic (exact) mass is 436 g/mol. The van der Waals surface area contributed by atoms with E-state index >= 15 is 0 Å². The SMILES string of the molecule is CN1CCN(C(=O)CS(=O)(=O)Cc2cccc(Br)c2)Cc2ccccc21. The molecule has 2 aromatic rings. The number of carbonyl (C=O) groups excluding carboxylic acids is 1. The van der Waals surface area contributed by atoms with Gasteiger partial charge in [-0.3, -0.25) is 4.79 Å². The molecule has 1 heterocycles. The smallest absolute Gasteiger partial charge is 0.238 e. The summed E-state index contributed by atoms with van der Waals surface area (Å²) in [4.78, 5) is 16.4. The molecule has 0 saturated heterocycles. The van der Waals surface area contributed by atoms with Gasteiger partial charge in [0.2, 0.25) is 5.91 Å². The summed E-state index contributed by atoms with van der Waals surface area (Å²) in [6.07, 6.45) is 0. The van der Waals surface area contributed by atoms with Crippen LogP contribution in [-0.2, 0) is 26.9 Å². The van der Waals surface area contributed by atoms with Gasteiger partial charge in [-0.15, -0.1) is 0 Å². The second-order valence-electron chi connectivity index (χ2n) is 6.53. The number of hydrogen-bond donors (Lipinski definition) is 0. The van der Waals surface area contributed by atoms with Gasteiger partial charge in [0.25, 0.3) is 0 Å². The molecule has 0 spiro atoms. The van der Waals surface area contributed by atoms with E-state index in [2.05, 4.69) is 20.8 Å². The quantitative estimate of drug-likeness (QED) is 0.739. The number of carbonyl (C=O) groups is 1. The van der Waals surface area contributed by atoms with Crippen LogP contribution in [0.15, 0.2) is 53.0 Å². The molecule has 3 rings (SSSR count). The summed E-state index contributed by atoms with van der Waals surface area (Å²) >= 11 is 3.34. The van der Waals surface area contributed by atoms with Crippen molar-refractivity contribution in [2.75, 3.05) is 30.8 Å². The Morgan fingerprint density at radius 1 is 1.12 bits per heavy atom.